The number of rotatable bonds is 3. The second-order valence-electron chi connectivity index (χ2n) is 3.40. The molecule has 0 fully saturated rings. The van der Waals surface area contributed by atoms with E-state index in [1.54, 1.807) is 13.0 Å². The average molecular weight is 207 g/mol. The summed E-state index contributed by atoms with van der Waals surface area (Å²) in [6.07, 6.45) is 0.927. The zero-order valence-corrected chi connectivity index (χ0v) is 8.78. The minimum atomic E-state index is -0.121. The zero-order chi connectivity index (χ0) is 10.8. The Morgan fingerprint density at radius 1 is 1.53 bits per heavy atom. The van der Waals surface area contributed by atoms with Gasteiger partial charge in [0.15, 0.2) is 5.65 Å². The fraction of sp³-hybridized carbons (Fsp3) is 0.400. The van der Waals surface area contributed by atoms with Gasteiger partial charge in [-0.2, -0.15) is 4.52 Å². The van der Waals surface area contributed by atoms with Gasteiger partial charge in [0.2, 0.25) is 5.88 Å². The van der Waals surface area contributed by atoms with Gasteiger partial charge >= 0.3 is 0 Å². The van der Waals surface area contributed by atoms with Crippen molar-refractivity contribution in [2.75, 3.05) is 6.61 Å². The molecule has 0 aromatic carbocycles. The minimum Gasteiger partial charge on any atom is -0.478 e. The molecule has 0 aliphatic carbocycles. The summed E-state index contributed by atoms with van der Waals surface area (Å²) >= 11 is 0. The fourth-order valence-electron chi connectivity index (χ4n) is 1.37. The van der Waals surface area contributed by atoms with Gasteiger partial charge in [0.1, 0.15) is 0 Å². The van der Waals surface area contributed by atoms with Crippen LogP contribution in [0.25, 0.3) is 5.65 Å². The largest absolute Gasteiger partial charge is 0.478 e. The summed E-state index contributed by atoms with van der Waals surface area (Å²) in [5.74, 6) is 0.576. The van der Waals surface area contributed by atoms with E-state index in [9.17, 15) is 4.79 Å². The number of H-pyrrole nitrogens is 1. The molecule has 0 saturated carbocycles. The summed E-state index contributed by atoms with van der Waals surface area (Å²) in [6.45, 7) is 4.44. The minimum absolute atomic E-state index is 0.121. The highest BCUT2D eigenvalue weighted by Gasteiger charge is 2.04. The van der Waals surface area contributed by atoms with E-state index >= 15 is 0 Å². The Bertz CT molecular complexity index is 527. The van der Waals surface area contributed by atoms with Crippen LogP contribution in [0.2, 0.25) is 0 Å². The number of fused-ring (bicyclic) bond motifs is 1. The van der Waals surface area contributed by atoms with Crippen LogP contribution < -0.4 is 10.3 Å². The SMILES string of the molecule is CCCOc1cc2nc(C)cc(=O)n2[nH]1. The Balaban J connectivity index is 2.46. The Hall–Kier alpha value is -1.78. The topological polar surface area (TPSA) is 59.4 Å². The Morgan fingerprint density at radius 3 is 3.07 bits per heavy atom. The number of ether oxygens (including phenoxy) is 1. The summed E-state index contributed by atoms with van der Waals surface area (Å²) in [7, 11) is 0. The van der Waals surface area contributed by atoms with Crippen LogP contribution in [0, 0.1) is 6.92 Å². The first-order valence-corrected chi connectivity index (χ1v) is 4.93. The summed E-state index contributed by atoms with van der Waals surface area (Å²) in [6, 6.07) is 3.21. The molecule has 5 heteroatoms. The number of aromatic amines is 1. The first-order valence-electron chi connectivity index (χ1n) is 4.93. The fourth-order valence-corrected chi connectivity index (χ4v) is 1.37. The lowest BCUT2D eigenvalue weighted by molar-refractivity contribution is 0.303. The van der Waals surface area contributed by atoms with E-state index in [-0.39, 0.29) is 5.56 Å². The van der Waals surface area contributed by atoms with Crippen LogP contribution in [0.3, 0.4) is 0 Å². The van der Waals surface area contributed by atoms with Crippen molar-refractivity contribution in [2.24, 2.45) is 0 Å². The number of aryl methyl sites for hydroxylation is 1. The van der Waals surface area contributed by atoms with Crippen LogP contribution in [-0.4, -0.2) is 21.2 Å². The van der Waals surface area contributed by atoms with Crippen molar-refractivity contribution in [2.45, 2.75) is 20.3 Å². The lowest BCUT2D eigenvalue weighted by atomic mass is 10.4. The van der Waals surface area contributed by atoms with Crippen LogP contribution in [0.1, 0.15) is 19.0 Å². The van der Waals surface area contributed by atoms with Gasteiger partial charge in [-0.05, 0) is 13.3 Å². The van der Waals surface area contributed by atoms with E-state index in [2.05, 4.69) is 10.1 Å². The summed E-state index contributed by atoms with van der Waals surface area (Å²) < 4.78 is 6.75. The van der Waals surface area contributed by atoms with Crippen molar-refractivity contribution in [1.29, 1.82) is 0 Å². The molecule has 2 rings (SSSR count). The first-order chi connectivity index (χ1) is 7.20. The molecule has 0 aliphatic rings. The van der Waals surface area contributed by atoms with E-state index in [1.807, 2.05) is 6.92 Å². The second kappa shape index (κ2) is 3.76. The van der Waals surface area contributed by atoms with Crippen LogP contribution in [0.15, 0.2) is 16.9 Å². The molecule has 2 aromatic heterocycles. The van der Waals surface area contributed by atoms with Crippen LogP contribution in [-0.2, 0) is 0 Å². The van der Waals surface area contributed by atoms with Crippen molar-refractivity contribution in [3.05, 3.63) is 28.2 Å². The van der Waals surface area contributed by atoms with Crippen LogP contribution in [0.4, 0.5) is 0 Å². The molecule has 2 aromatic rings. The highest BCUT2D eigenvalue weighted by atomic mass is 16.5. The molecular weight excluding hydrogens is 194 g/mol. The summed E-state index contributed by atoms with van der Waals surface area (Å²) in [4.78, 5) is 15.7. The van der Waals surface area contributed by atoms with Crippen LogP contribution >= 0.6 is 0 Å². The summed E-state index contributed by atoms with van der Waals surface area (Å²) in [5.41, 5.74) is 1.18. The number of hydrogen-bond acceptors (Lipinski definition) is 3. The molecular formula is C10H13N3O2. The molecule has 15 heavy (non-hydrogen) atoms. The lowest BCUT2D eigenvalue weighted by Gasteiger charge is -1.98. The number of hydrogen-bond donors (Lipinski definition) is 1. The highest BCUT2D eigenvalue weighted by Crippen LogP contribution is 2.09. The highest BCUT2D eigenvalue weighted by molar-refractivity contribution is 5.41. The Kier molecular flexibility index (Phi) is 2.45. The van der Waals surface area contributed by atoms with Gasteiger partial charge in [0.05, 0.1) is 6.61 Å². The van der Waals surface area contributed by atoms with Crippen LogP contribution in [0.5, 0.6) is 5.88 Å². The Morgan fingerprint density at radius 2 is 2.33 bits per heavy atom. The third kappa shape index (κ3) is 1.86. The Labute approximate surface area is 86.7 Å². The number of nitrogens with zero attached hydrogens (tertiary/aromatic N) is 2. The molecule has 0 atom stereocenters. The van der Waals surface area contributed by atoms with E-state index in [4.69, 9.17) is 4.74 Å². The van der Waals surface area contributed by atoms with Gasteiger partial charge < -0.3 is 4.74 Å². The molecule has 0 unspecified atom stereocenters. The lowest BCUT2D eigenvalue weighted by Crippen LogP contribution is -2.14. The molecule has 1 N–H and O–H groups in total. The predicted molar refractivity (Wildman–Crippen MR) is 56.3 cm³/mol. The summed E-state index contributed by atoms with van der Waals surface area (Å²) in [5, 5.41) is 2.85. The molecule has 0 saturated heterocycles. The maximum absolute atomic E-state index is 11.5. The van der Waals surface area contributed by atoms with Gasteiger partial charge in [0.25, 0.3) is 5.56 Å². The molecule has 0 bridgehead atoms. The van der Waals surface area contributed by atoms with E-state index in [1.165, 1.54) is 10.6 Å². The molecule has 0 aliphatic heterocycles. The van der Waals surface area contributed by atoms with Gasteiger partial charge in [-0.1, -0.05) is 6.92 Å². The molecule has 2 heterocycles. The van der Waals surface area contributed by atoms with E-state index in [0.717, 1.165) is 6.42 Å². The van der Waals surface area contributed by atoms with Gasteiger partial charge in [0, 0.05) is 17.8 Å². The van der Waals surface area contributed by atoms with Crippen molar-refractivity contribution in [3.8, 4) is 5.88 Å². The van der Waals surface area contributed by atoms with Crippen molar-refractivity contribution in [1.82, 2.24) is 14.6 Å². The second-order valence-corrected chi connectivity index (χ2v) is 3.40. The van der Waals surface area contributed by atoms with Crippen molar-refractivity contribution >= 4 is 5.65 Å². The third-order valence-electron chi connectivity index (χ3n) is 2.02. The molecule has 0 radical (unpaired) electrons. The van der Waals surface area contributed by atoms with Gasteiger partial charge in [-0.3, -0.25) is 9.89 Å². The zero-order valence-electron chi connectivity index (χ0n) is 8.78. The molecule has 0 amide bonds. The quantitative estimate of drug-likeness (QED) is 0.820. The van der Waals surface area contributed by atoms with E-state index < -0.39 is 0 Å². The predicted octanol–water partition coefficient (Wildman–Crippen LogP) is 1.12. The molecule has 80 valence electrons. The number of nitrogens with one attached hydrogen (secondary N) is 1. The van der Waals surface area contributed by atoms with E-state index in [0.29, 0.717) is 23.8 Å². The molecule has 0 spiro atoms. The number of aromatic nitrogens is 3. The van der Waals surface area contributed by atoms with Gasteiger partial charge in [-0.25, -0.2) is 4.98 Å². The van der Waals surface area contributed by atoms with Gasteiger partial charge in [-0.15, -0.1) is 0 Å². The smallest absolute Gasteiger partial charge is 0.272 e. The third-order valence-corrected chi connectivity index (χ3v) is 2.02. The monoisotopic (exact) mass is 207 g/mol. The average Bonchev–Trinajstić information content (AvgIpc) is 2.57. The molecule has 5 nitrogen and oxygen atoms in total. The van der Waals surface area contributed by atoms with Crippen molar-refractivity contribution in [3.63, 3.8) is 0 Å². The standard InChI is InChI=1S/C10H13N3O2/c1-3-4-15-9-6-8-11-7(2)5-10(14)13(8)12-9/h5-6,12H,3-4H2,1-2H3. The maximum atomic E-state index is 11.5. The normalized spacial score (nSPS) is 10.8. The maximum Gasteiger partial charge on any atom is 0.272 e. The first kappa shape index (κ1) is 9.76. The van der Waals surface area contributed by atoms with Crippen molar-refractivity contribution < 1.29 is 4.74 Å².